The van der Waals surface area contributed by atoms with Crippen molar-refractivity contribution >= 4 is 10.8 Å². The Kier molecular flexibility index (Phi) is 4.02. The third-order valence-corrected chi connectivity index (χ3v) is 3.97. The fourth-order valence-corrected chi connectivity index (χ4v) is 2.92. The molecular formula is C18H21N3. The summed E-state index contributed by atoms with van der Waals surface area (Å²) in [7, 11) is 2.05. The third-order valence-electron chi connectivity index (χ3n) is 3.97. The molecule has 0 aliphatic rings. The Morgan fingerprint density at radius 2 is 1.95 bits per heavy atom. The molecule has 3 heteroatoms. The molecule has 1 N–H and O–H groups in total. The van der Waals surface area contributed by atoms with Gasteiger partial charge >= 0.3 is 0 Å². The van der Waals surface area contributed by atoms with Crippen LogP contribution in [-0.2, 0) is 13.5 Å². The number of imidazole rings is 1. The van der Waals surface area contributed by atoms with E-state index in [9.17, 15) is 0 Å². The lowest BCUT2D eigenvalue weighted by atomic mass is 9.97. The van der Waals surface area contributed by atoms with Crippen LogP contribution in [0.25, 0.3) is 10.8 Å². The van der Waals surface area contributed by atoms with E-state index in [4.69, 9.17) is 0 Å². The number of aromatic nitrogens is 2. The van der Waals surface area contributed by atoms with E-state index in [1.165, 1.54) is 22.0 Å². The molecule has 1 heterocycles. The first-order chi connectivity index (χ1) is 10.3. The van der Waals surface area contributed by atoms with Gasteiger partial charge in [-0.3, -0.25) is 0 Å². The molecule has 2 aromatic carbocycles. The topological polar surface area (TPSA) is 29.9 Å². The van der Waals surface area contributed by atoms with Crippen molar-refractivity contribution in [3.8, 4) is 0 Å². The van der Waals surface area contributed by atoms with Crippen molar-refractivity contribution in [3.63, 3.8) is 0 Å². The number of fused-ring (bicyclic) bond motifs is 1. The lowest BCUT2D eigenvalue weighted by Crippen LogP contribution is -2.24. The van der Waals surface area contributed by atoms with Gasteiger partial charge in [0.15, 0.2) is 0 Å². The van der Waals surface area contributed by atoms with E-state index in [1.807, 2.05) is 12.5 Å². The summed E-state index contributed by atoms with van der Waals surface area (Å²) in [6, 6.07) is 15.4. The second-order valence-electron chi connectivity index (χ2n) is 5.38. The van der Waals surface area contributed by atoms with Gasteiger partial charge in [-0.15, -0.1) is 0 Å². The van der Waals surface area contributed by atoms with E-state index in [-0.39, 0.29) is 6.04 Å². The lowest BCUT2D eigenvalue weighted by Gasteiger charge is -2.19. The molecule has 0 amide bonds. The van der Waals surface area contributed by atoms with E-state index in [0.29, 0.717) is 0 Å². The molecule has 3 rings (SSSR count). The number of likely N-dealkylation sites (N-methyl/N-ethyl adjacent to an activating group) is 1. The number of aryl methyl sites for hydroxylation is 1. The Labute approximate surface area is 125 Å². The summed E-state index contributed by atoms with van der Waals surface area (Å²) in [5.74, 6) is 0. The summed E-state index contributed by atoms with van der Waals surface area (Å²) >= 11 is 0. The molecule has 0 saturated carbocycles. The summed E-state index contributed by atoms with van der Waals surface area (Å²) in [6.07, 6.45) is 4.79. The normalized spacial score (nSPS) is 12.7. The second kappa shape index (κ2) is 6.10. The van der Waals surface area contributed by atoms with Crippen LogP contribution < -0.4 is 5.32 Å². The van der Waals surface area contributed by atoms with Gasteiger partial charge < -0.3 is 9.88 Å². The highest BCUT2D eigenvalue weighted by molar-refractivity contribution is 5.85. The van der Waals surface area contributed by atoms with Gasteiger partial charge in [-0.25, -0.2) is 4.98 Å². The van der Waals surface area contributed by atoms with Crippen LogP contribution in [0.3, 0.4) is 0 Å². The highest BCUT2D eigenvalue weighted by Gasteiger charge is 2.15. The third kappa shape index (κ3) is 2.83. The summed E-state index contributed by atoms with van der Waals surface area (Å²) in [5, 5.41) is 6.22. The van der Waals surface area contributed by atoms with E-state index in [0.717, 1.165) is 13.0 Å². The van der Waals surface area contributed by atoms with Crippen molar-refractivity contribution in [2.45, 2.75) is 19.4 Å². The van der Waals surface area contributed by atoms with E-state index < -0.39 is 0 Å². The molecule has 1 aromatic heterocycles. The van der Waals surface area contributed by atoms with Gasteiger partial charge in [0.2, 0.25) is 0 Å². The molecule has 0 bridgehead atoms. The standard InChI is InChI=1S/C18H21N3/c1-3-20-17(18-12-19-13-21(18)2)11-15-9-6-8-14-7-4-5-10-16(14)15/h4-10,12-13,17,20H,3,11H2,1-2H3. The maximum Gasteiger partial charge on any atom is 0.0946 e. The molecule has 0 saturated heterocycles. The van der Waals surface area contributed by atoms with Crippen LogP contribution >= 0.6 is 0 Å². The monoisotopic (exact) mass is 279 g/mol. The summed E-state index contributed by atoms with van der Waals surface area (Å²) in [5.41, 5.74) is 2.60. The quantitative estimate of drug-likeness (QED) is 0.775. The first kappa shape index (κ1) is 13.8. The highest BCUT2D eigenvalue weighted by atomic mass is 15.1. The fraction of sp³-hybridized carbons (Fsp3) is 0.278. The largest absolute Gasteiger partial charge is 0.336 e. The average molecular weight is 279 g/mol. The fourth-order valence-electron chi connectivity index (χ4n) is 2.92. The van der Waals surface area contributed by atoms with Gasteiger partial charge in [-0.05, 0) is 29.3 Å². The van der Waals surface area contributed by atoms with Gasteiger partial charge in [-0.1, -0.05) is 49.4 Å². The zero-order valence-electron chi connectivity index (χ0n) is 12.6. The minimum Gasteiger partial charge on any atom is -0.336 e. The predicted molar refractivity (Wildman–Crippen MR) is 87.3 cm³/mol. The molecule has 3 aromatic rings. The van der Waals surface area contributed by atoms with Crippen LogP contribution in [0, 0.1) is 0 Å². The molecule has 0 radical (unpaired) electrons. The number of hydrogen-bond donors (Lipinski definition) is 1. The van der Waals surface area contributed by atoms with Crippen molar-refractivity contribution in [1.29, 1.82) is 0 Å². The Hall–Kier alpha value is -2.13. The zero-order chi connectivity index (χ0) is 14.7. The van der Waals surface area contributed by atoms with Crippen LogP contribution in [-0.4, -0.2) is 16.1 Å². The highest BCUT2D eigenvalue weighted by Crippen LogP contribution is 2.24. The molecule has 0 spiro atoms. The van der Waals surface area contributed by atoms with Crippen molar-refractivity contribution < 1.29 is 0 Å². The molecule has 1 unspecified atom stereocenters. The average Bonchev–Trinajstić information content (AvgIpc) is 2.93. The lowest BCUT2D eigenvalue weighted by molar-refractivity contribution is 0.522. The van der Waals surface area contributed by atoms with Crippen LogP contribution in [0.4, 0.5) is 0 Å². The molecule has 21 heavy (non-hydrogen) atoms. The first-order valence-corrected chi connectivity index (χ1v) is 7.46. The van der Waals surface area contributed by atoms with Crippen LogP contribution in [0.15, 0.2) is 55.0 Å². The Morgan fingerprint density at radius 1 is 1.14 bits per heavy atom. The molecule has 0 aliphatic carbocycles. The molecule has 1 atom stereocenters. The number of nitrogens with one attached hydrogen (secondary N) is 1. The van der Waals surface area contributed by atoms with E-state index >= 15 is 0 Å². The molecule has 0 aliphatic heterocycles. The van der Waals surface area contributed by atoms with E-state index in [2.05, 4.69) is 71.3 Å². The second-order valence-corrected chi connectivity index (χ2v) is 5.38. The van der Waals surface area contributed by atoms with Gasteiger partial charge in [0.1, 0.15) is 0 Å². The SMILES string of the molecule is CCNC(Cc1cccc2ccccc12)c1cncn1C. The number of nitrogens with zero attached hydrogens (tertiary/aromatic N) is 2. The molecular weight excluding hydrogens is 258 g/mol. The molecule has 0 fully saturated rings. The van der Waals surface area contributed by atoms with Crippen molar-refractivity contribution in [1.82, 2.24) is 14.9 Å². The number of benzene rings is 2. The van der Waals surface area contributed by atoms with Crippen molar-refractivity contribution in [3.05, 3.63) is 66.2 Å². The number of hydrogen-bond acceptors (Lipinski definition) is 2. The van der Waals surface area contributed by atoms with Gasteiger partial charge in [-0.2, -0.15) is 0 Å². The van der Waals surface area contributed by atoms with Crippen molar-refractivity contribution in [2.75, 3.05) is 6.54 Å². The summed E-state index contributed by atoms with van der Waals surface area (Å²) in [6.45, 7) is 3.09. The zero-order valence-corrected chi connectivity index (χ0v) is 12.6. The van der Waals surface area contributed by atoms with Gasteiger partial charge in [0.25, 0.3) is 0 Å². The summed E-state index contributed by atoms with van der Waals surface area (Å²) < 4.78 is 2.10. The van der Waals surface area contributed by atoms with Crippen molar-refractivity contribution in [2.24, 2.45) is 7.05 Å². The molecule has 108 valence electrons. The van der Waals surface area contributed by atoms with E-state index in [1.54, 1.807) is 0 Å². The maximum absolute atomic E-state index is 4.25. The minimum absolute atomic E-state index is 0.285. The maximum atomic E-state index is 4.25. The van der Waals surface area contributed by atoms with Crippen LogP contribution in [0.1, 0.15) is 24.2 Å². The van der Waals surface area contributed by atoms with Crippen LogP contribution in [0.5, 0.6) is 0 Å². The molecule has 3 nitrogen and oxygen atoms in total. The smallest absolute Gasteiger partial charge is 0.0946 e. The Morgan fingerprint density at radius 3 is 2.71 bits per heavy atom. The minimum atomic E-state index is 0.285. The Balaban J connectivity index is 1.97. The predicted octanol–water partition coefficient (Wildman–Crippen LogP) is 3.47. The number of rotatable bonds is 5. The van der Waals surface area contributed by atoms with Gasteiger partial charge in [0.05, 0.1) is 18.1 Å². The summed E-state index contributed by atoms with van der Waals surface area (Å²) in [4.78, 5) is 4.25. The van der Waals surface area contributed by atoms with Crippen LogP contribution in [0.2, 0.25) is 0 Å². The first-order valence-electron chi connectivity index (χ1n) is 7.46. The Bertz CT molecular complexity index is 725. The van der Waals surface area contributed by atoms with Gasteiger partial charge in [0, 0.05) is 13.2 Å².